The number of alkyl halides is 3. The second-order valence-corrected chi connectivity index (χ2v) is 8.07. The number of nitrogens with two attached hydrogens (primary N) is 1. The maximum absolute atomic E-state index is 13.3. The molecule has 0 aliphatic rings. The second kappa shape index (κ2) is 9.03. The number of aromatic nitrogens is 2. The Labute approximate surface area is 197 Å². The molecule has 0 saturated heterocycles. The maximum Gasteiger partial charge on any atom is 0.491 e. The summed E-state index contributed by atoms with van der Waals surface area (Å²) in [5.41, 5.74) is 8.18. The number of halogens is 4. The average Bonchev–Trinajstić information content (AvgIpc) is 3.21. The van der Waals surface area contributed by atoms with Gasteiger partial charge < -0.3 is 15.2 Å². The highest BCUT2D eigenvalue weighted by atomic mass is 19.4. The van der Waals surface area contributed by atoms with E-state index in [0.717, 1.165) is 0 Å². The molecule has 6 nitrogen and oxygen atoms in total. The van der Waals surface area contributed by atoms with Crippen LogP contribution in [0.1, 0.15) is 18.1 Å². The number of nitrogens with zero attached hydrogens (tertiary/aromatic N) is 2. The van der Waals surface area contributed by atoms with Gasteiger partial charge in [0.05, 0.1) is 23.4 Å². The third-order valence-corrected chi connectivity index (χ3v) is 5.38. The Kier molecular flexibility index (Phi) is 6.25. The van der Waals surface area contributed by atoms with Crippen molar-refractivity contribution in [3.63, 3.8) is 0 Å². The summed E-state index contributed by atoms with van der Waals surface area (Å²) in [7, 11) is 0. The number of rotatable bonds is 6. The van der Waals surface area contributed by atoms with Gasteiger partial charge in [-0.25, -0.2) is 13.9 Å². The Hall–Kier alpha value is -3.92. The molecule has 1 heterocycles. The molecule has 0 aliphatic heterocycles. The van der Waals surface area contributed by atoms with Crippen LogP contribution in [0.2, 0.25) is 0 Å². The van der Waals surface area contributed by atoms with Gasteiger partial charge in [0.25, 0.3) is 5.79 Å². The highest BCUT2D eigenvalue weighted by molar-refractivity contribution is 5.82. The molecular weight excluding hydrogens is 466 g/mol. The van der Waals surface area contributed by atoms with Crippen molar-refractivity contribution >= 4 is 16.9 Å². The summed E-state index contributed by atoms with van der Waals surface area (Å²) >= 11 is 0. The number of esters is 1. The van der Waals surface area contributed by atoms with Gasteiger partial charge in [-0.15, -0.1) is 0 Å². The molecule has 0 bridgehead atoms. The lowest BCUT2D eigenvalue weighted by molar-refractivity contribution is -0.248. The summed E-state index contributed by atoms with van der Waals surface area (Å²) in [4.78, 5) is 11.9. The molecule has 0 aliphatic carbocycles. The smallest absolute Gasteiger partial charge is 0.447 e. The van der Waals surface area contributed by atoms with Crippen LogP contribution in [0.5, 0.6) is 5.75 Å². The number of benzene rings is 3. The van der Waals surface area contributed by atoms with Gasteiger partial charge in [0.1, 0.15) is 11.6 Å². The zero-order valence-electron chi connectivity index (χ0n) is 18.7. The van der Waals surface area contributed by atoms with Crippen molar-refractivity contribution in [2.45, 2.75) is 31.9 Å². The zero-order valence-corrected chi connectivity index (χ0v) is 18.7. The van der Waals surface area contributed by atoms with Crippen molar-refractivity contribution in [1.82, 2.24) is 9.78 Å². The van der Waals surface area contributed by atoms with E-state index in [4.69, 9.17) is 15.2 Å². The Bertz CT molecular complexity index is 1370. The summed E-state index contributed by atoms with van der Waals surface area (Å²) in [5.74, 6) is -4.98. The summed E-state index contributed by atoms with van der Waals surface area (Å²) in [6.07, 6.45) is -3.74. The first kappa shape index (κ1) is 24.2. The molecule has 0 spiro atoms. The number of carbonyl (C=O) groups is 1. The first-order valence-corrected chi connectivity index (χ1v) is 10.6. The quantitative estimate of drug-likeness (QED) is 0.231. The Morgan fingerprint density at radius 3 is 2.40 bits per heavy atom. The first-order chi connectivity index (χ1) is 16.5. The van der Waals surface area contributed by atoms with E-state index in [-0.39, 0.29) is 11.3 Å². The molecule has 3 aromatic carbocycles. The van der Waals surface area contributed by atoms with E-state index < -0.39 is 29.8 Å². The zero-order chi connectivity index (χ0) is 25.4. The van der Waals surface area contributed by atoms with Gasteiger partial charge in [0, 0.05) is 10.9 Å². The predicted octanol–water partition coefficient (Wildman–Crippen LogP) is 5.16. The lowest BCUT2D eigenvalue weighted by Crippen LogP contribution is -2.53. The SMILES string of the molecule is Cc1cccc([C@](OC(=O)C(F)(F)F)(Oc2ccc3c(cnn3-c3ccc(F)cc3)c2)[C@H](C)N)c1. The van der Waals surface area contributed by atoms with E-state index in [1.165, 1.54) is 49.5 Å². The number of ether oxygens (including phenoxy) is 2. The highest BCUT2D eigenvalue weighted by Crippen LogP contribution is 2.36. The van der Waals surface area contributed by atoms with E-state index in [0.29, 0.717) is 22.2 Å². The number of hydrogen-bond acceptors (Lipinski definition) is 5. The lowest BCUT2D eigenvalue weighted by atomic mass is 9.97. The van der Waals surface area contributed by atoms with Gasteiger partial charge in [0.2, 0.25) is 0 Å². The molecular formula is C25H21F4N3O3. The molecule has 2 N–H and O–H groups in total. The molecule has 0 fully saturated rings. The average molecular weight is 487 g/mol. The minimum atomic E-state index is -5.26. The largest absolute Gasteiger partial charge is 0.491 e. The van der Waals surface area contributed by atoms with Gasteiger partial charge in [-0.2, -0.15) is 18.3 Å². The molecule has 182 valence electrons. The fraction of sp³-hybridized carbons (Fsp3) is 0.200. The molecule has 0 unspecified atom stereocenters. The van der Waals surface area contributed by atoms with Crippen LogP contribution in [0.3, 0.4) is 0 Å². The second-order valence-electron chi connectivity index (χ2n) is 8.07. The first-order valence-electron chi connectivity index (χ1n) is 10.6. The van der Waals surface area contributed by atoms with Gasteiger partial charge in [-0.3, -0.25) is 0 Å². The van der Waals surface area contributed by atoms with E-state index in [9.17, 15) is 22.4 Å². The van der Waals surface area contributed by atoms with Gasteiger partial charge in [0.15, 0.2) is 0 Å². The summed E-state index contributed by atoms with van der Waals surface area (Å²) in [6, 6.07) is 15.5. The van der Waals surface area contributed by atoms with Crippen LogP contribution in [0, 0.1) is 12.7 Å². The molecule has 10 heteroatoms. The molecule has 2 atom stereocenters. The topological polar surface area (TPSA) is 79.4 Å². The van der Waals surface area contributed by atoms with E-state index in [2.05, 4.69) is 5.10 Å². The minimum absolute atomic E-state index is 0.102. The molecule has 35 heavy (non-hydrogen) atoms. The van der Waals surface area contributed by atoms with E-state index >= 15 is 0 Å². The fourth-order valence-corrected chi connectivity index (χ4v) is 3.68. The van der Waals surface area contributed by atoms with Crippen molar-refractivity contribution in [3.05, 3.63) is 89.9 Å². The monoisotopic (exact) mass is 487 g/mol. The van der Waals surface area contributed by atoms with E-state index in [1.54, 1.807) is 41.9 Å². The third-order valence-electron chi connectivity index (χ3n) is 5.38. The number of fused-ring (bicyclic) bond motifs is 1. The Morgan fingerprint density at radius 2 is 1.77 bits per heavy atom. The number of hydrogen-bond donors (Lipinski definition) is 1. The van der Waals surface area contributed by atoms with Gasteiger partial charge in [-0.1, -0.05) is 23.8 Å². The molecule has 4 rings (SSSR count). The van der Waals surface area contributed by atoms with Crippen molar-refractivity contribution in [2.75, 3.05) is 0 Å². The molecule has 0 amide bonds. The van der Waals surface area contributed by atoms with Crippen LogP contribution >= 0.6 is 0 Å². The van der Waals surface area contributed by atoms with Crippen LogP contribution in [0.25, 0.3) is 16.6 Å². The van der Waals surface area contributed by atoms with Crippen molar-refractivity contribution in [3.8, 4) is 11.4 Å². The fourth-order valence-electron chi connectivity index (χ4n) is 3.68. The highest BCUT2D eigenvalue weighted by Gasteiger charge is 2.51. The summed E-state index contributed by atoms with van der Waals surface area (Å²) in [6.45, 7) is 3.12. The summed E-state index contributed by atoms with van der Waals surface area (Å²) < 4.78 is 65.3. The van der Waals surface area contributed by atoms with Crippen LogP contribution in [0.4, 0.5) is 17.6 Å². The Balaban J connectivity index is 1.78. The van der Waals surface area contributed by atoms with Gasteiger partial charge in [-0.05, 0) is 62.4 Å². The van der Waals surface area contributed by atoms with Crippen LogP contribution < -0.4 is 10.5 Å². The molecule has 0 saturated carbocycles. The van der Waals surface area contributed by atoms with E-state index in [1.807, 2.05) is 0 Å². The van der Waals surface area contributed by atoms with Crippen LogP contribution in [-0.2, 0) is 15.3 Å². The minimum Gasteiger partial charge on any atom is -0.447 e. The number of carbonyl (C=O) groups excluding carboxylic acids is 1. The normalized spacial score (nSPS) is 14.4. The lowest BCUT2D eigenvalue weighted by Gasteiger charge is -2.37. The standard InChI is InChI=1S/C25H21F4N3O3/c1-15-4-3-5-18(12-15)24(16(2)30,35-23(33)25(27,28)29)34-21-10-11-22-17(13-21)14-31-32(22)20-8-6-19(26)7-9-20/h3-14,16H,30H2,1-2H3/t16-,24-/m0/s1. The van der Waals surface area contributed by atoms with Crippen LogP contribution in [-0.4, -0.2) is 28.0 Å². The molecule has 1 aromatic heterocycles. The van der Waals surface area contributed by atoms with Crippen molar-refractivity contribution < 1.29 is 31.8 Å². The maximum atomic E-state index is 13.3. The summed E-state index contributed by atoms with van der Waals surface area (Å²) in [5, 5.41) is 4.88. The molecule has 0 radical (unpaired) electrons. The van der Waals surface area contributed by atoms with Crippen LogP contribution in [0.15, 0.2) is 72.9 Å². The third kappa shape index (κ3) is 4.83. The number of aryl methyl sites for hydroxylation is 1. The Morgan fingerprint density at radius 1 is 1.06 bits per heavy atom. The van der Waals surface area contributed by atoms with Gasteiger partial charge >= 0.3 is 12.1 Å². The molecule has 4 aromatic rings. The predicted molar refractivity (Wildman–Crippen MR) is 120 cm³/mol. The van der Waals surface area contributed by atoms with Crippen molar-refractivity contribution in [2.24, 2.45) is 5.73 Å². The van der Waals surface area contributed by atoms with Crippen molar-refractivity contribution in [1.29, 1.82) is 0 Å².